The van der Waals surface area contributed by atoms with E-state index in [2.05, 4.69) is 16.4 Å². The smallest absolute Gasteiger partial charge is 0.326 e. The second-order valence-corrected chi connectivity index (χ2v) is 9.69. The number of nitrogens with one attached hydrogen (secondary N) is 1. The van der Waals surface area contributed by atoms with Crippen molar-refractivity contribution in [3.63, 3.8) is 0 Å². The molecule has 1 aliphatic heterocycles. The maximum absolute atomic E-state index is 12.9. The van der Waals surface area contributed by atoms with E-state index in [9.17, 15) is 10.1 Å². The van der Waals surface area contributed by atoms with E-state index in [1.54, 1.807) is 35.4 Å². The minimum absolute atomic E-state index is 0.230. The number of rotatable bonds is 7. The fourth-order valence-corrected chi connectivity index (χ4v) is 5.30. The average molecular weight is 520 g/mol. The summed E-state index contributed by atoms with van der Waals surface area (Å²) in [5, 5.41) is 13.6. The van der Waals surface area contributed by atoms with Crippen molar-refractivity contribution in [1.82, 2.24) is 4.98 Å². The van der Waals surface area contributed by atoms with Gasteiger partial charge in [0.05, 0.1) is 28.9 Å². The van der Waals surface area contributed by atoms with Gasteiger partial charge >= 0.3 is 6.03 Å². The number of hydrogen-bond donors (Lipinski definition) is 2. The van der Waals surface area contributed by atoms with Crippen LogP contribution in [0.3, 0.4) is 0 Å². The van der Waals surface area contributed by atoms with Crippen LogP contribution in [0.4, 0.5) is 21.2 Å². The van der Waals surface area contributed by atoms with E-state index in [1.165, 1.54) is 11.3 Å². The molecule has 0 radical (unpaired) electrons. The van der Waals surface area contributed by atoms with Crippen LogP contribution < -0.4 is 25.4 Å². The lowest BCUT2D eigenvalue weighted by atomic mass is 10.1. The van der Waals surface area contributed by atoms with Crippen LogP contribution in [-0.2, 0) is 13.2 Å². The zero-order chi connectivity index (χ0) is 26.1. The number of nitrogen functional groups attached to an aromatic ring is 1. The van der Waals surface area contributed by atoms with Gasteiger partial charge in [0.1, 0.15) is 39.8 Å². The van der Waals surface area contributed by atoms with E-state index in [0.29, 0.717) is 46.7 Å². The SMILES string of the molecule is N#Cc1ccccc1OCc1cccc(Oc2ccc(CN3C(=O)Nc4ccnc5sc(N)c3c45)cc2)c1. The van der Waals surface area contributed by atoms with Crippen molar-refractivity contribution in [3.05, 3.63) is 102 Å². The fraction of sp³-hybridized carbons (Fsp3) is 0.0690. The zero-order valence-electron chi connectivity index (χ0n) is 20.0. The van der Waals surface area contributed by atoms with Gasteiger partial charge < -0.3 is 20.5 Å². The normalized spacial score (nSPS) is 12.2. The summed E-state index contributed by atoms with van der Waals surface area (Å²) in [5.74, 6) is 1.88. The minimum Gasteiger partial charge on any atom is -0.488 e. The fourth-order valence-electron chi connectivity index (χ4n) is 4.36. The lowest BCUT2D eigenvalue weighted by Crippen LogP contribution is -2.37. The van der Waals surface area contributed by atoms with Crippen LogP contribution in [0.1, 0.15) is 16.7 Å². The van der Waals surface area contributed by atoms with Crippen molar-refractivity contribution < 1.29 is 14.3 Å². The molecule has 3 heterocycles. The van der Waals surface area contributed by atoms with E-state index in [0.717, 1.165) is 27.0 Å². The van der Waals surface area contributed by atoms with Gasteiger partial charge in [-0.15, -0.1) is 0 Å². The van der Waals surface area contributed by atoms with Gasteiger partial charge in [-0.1, -0.05) is 47.7 Å². The number of nitriles is 1. The number of thiophene rings is 1. The Kier molecular flexibility index (Phi) is 6.00. The predicted molar refractivity (Wildman–Crippen MR) is 148 cm³/mol. The first-order valence-electron chi connectivity index (χ1n) is 11.8. The molecule has 3 aromatic carbocycles. The third kappa shape index (κ3) is 4.45. The maximum atomic E-state index is 12.9. The molecule has 0 atom stereocenters. The Morgan fingerprint density at radius 1 is 1.00 bits per heavy atom. The molecule has 2 aromatic heterocycles. The van der Waals surface area contributed by atoms with Crippen LogP contribution in [0.25, 0.3) is 10.2 Å². The summed E-state index contributed by atoms with van der Waals surface area (Å²) in [6, 6.07) is 26.0. The zero-order valence-corrected chi connectivity index (χ0v) is 20.9. The first-order valence-corrected chi connectivity index (χ1v) is 12.6. The molecule has 0 aliphatic carbocycles. The number of urea groups is 1. The molecule has 3 N–H and O–H groups in total. The number of hydrogen-bond acceptors (Lipinski definition) is 7. The summed E-state index contributed by atoms with van der Waals surface area (Å²) in [5.41, 5.74) is 10.0. The first kappa shape index (κ1) is 23.3. The number of anilines is 3. The summed E-state index contributed by atoms with van der Waals surface area (Å²) in [6.45, 7) is 0.665. The van der Waals surface area contributed by atoms with Gasteiger partial charge in [-0.3, -0.25) is 4.90 Å². The maximum Gasteiger partial charge on any atom is 0.326 e. The number of carbonyl (C=O) groups is 1. The molecule has 2 amide bonds. The largest absolute Gasteiger partial charge is 0.488 e. The van der Waals surface area contributed by atoms with Crippen molar-refractivity contribution in [1.29, 1.82) is 5.26 Å². The van der Waals surface area contributed by atoms with Gasteiger partial charge in [-0.2, -0.15) is 5.26 Å². The van der Waals surface area contributed by atoms with E-state index in [-0.39, 0.29) is 6.03 Å². The lowest BCUT2D eigenvalue weighted by molar-refractivity contribution is 0.256. The second-order valence-electron chi connectivity index (χ2n) is 8.66. The Balaban J connectivity index is 1.14. The van der Waals surface area contributed by atoms with Crippen molar-refractivity contribution in [3.8, 4) is 23.3 Å². The van der Waals surface area contributed by atoms with Gasteiger partial charge in [0.15, 0.2) is 0 Å². The molecule has 38 heavy (non-hydrogen) atoms. The number of aromatic nitrogens is 1. The second kappa shape index (κ2) is 9.76. The van der Waals surface area contributed by atoms with Crippen molar-refractivity contribution >= 4 is 44.0 Å². The summed E-state index contributed by atoms with van der Waals surface area (Å²) in [4.78, 5) is 19.7. The Morgan fingerprint density at radius 2 is 1.84 bits per heavy atom. The molecule has 9 heteroatoms. The summed E-state index contributed by atoms with van der Waals surface area (Å²) in [7, 11) is 0. The van der Waals surface area contributed by atoms with Crippen LogP contribution >= 0.6 is 11.3 Å². The van der Waals surface area contributed by atoms with Crippen LogP contribution in [0.15, 0.2) is 85.1 Å². The molecule has 0 unspecified atom stereocenters. The van der Waals surface area contributed by atoms with E-state index >= 15 is 0 Å². The van der Waals surface area contributed by atoms with Crippen LogP contribution in [0.5, 0.6) is 17.2 Å². The number of para-hydroxylation sites is 1. The number of amides is 2. The van der Waals surface area contributed by atoms with Crippen molar-refractivity contribution in [2.75, 3.05) is 16.0 Å². The Bertz CT molecular complexity index is 1710. The molecule has 6 rings (SSSR count). The molecule has 5 aromatic rings. The van der Waals surface area contributed by atoms with Gasteiger partial charge in [0.25, 0.3) is 0 Å². The average Bonchev–Trinajstić information content (AvgIpc) is 3.28. The quantitative estimate of drug-likeness (QED) is 0.248. The monoisotopic (exact) mass is 519 g/mol. The third-order valence-electron chi connectivity index (χ3n) is 6.15. The summed E-state index contributed by atoms with van der Waals surface area (Å²) < 4.78 is 11.9. The highest BCUT2D eigenvalue weighted by Gasteiger charge is 2.30. The third-order valence-corrected chi connectivity index (χ3v) is 7.07. The Hall–Kier alpha value is -5.07. The van der Waals surface area contributed by atoms with Gasteiger partial charge in [0, 0.05) is 6.20 Å². The van der Waals surface area contributed by atoms with Crippen LogP contribution in [0.2, 0.25) is 0 Å². The predicted octanol–water partition coefficient (Wildman–Crippen LogP) is 6.67. The molecule has 0 spiro atoms. The molecule has 1 aliphatic rings. The molecule has 186 valence electrons. The number of nitrogens with zero attached hydrogens (tertiary/aromatic N) is 3. The van der Waals surface area contributed by atoms with Crippen LogP contribution in [0, 0.1) is 11.3 Å². The standard InChI is InChI=1S/C29H21N5O3S/c30-15-20-5-1-2-7-24(20)36-17-19-4-3-6-22(14-19)37-21-10-8-18(9-11-21)16-34-26-25-23(33-29(34)35)12-13-32-28(25)38-27(26)31/h1-14H,16-17,31H2,(H,33,35). The molecule has 0 saturated heterocycles. The number of ether oxygens (including phenoxy) is 2. The topological polar surface area (TPSA) is 114 Å². The highest BCUT2D eigenvalue weighted by Crippen LogP contribution is 2.46. The molecular weight excluding hydrogens is 498 g/mol. The van der Waals surface area contributed by atoms with Crippen molar-refractivity contribution in [2.24, 2.45) is 0 Å². The summed E-state index contributed by atoms with van der Waals surface area (Å²) in [6.07, 6.45) is 1.67. The molecule has 0 bridgehead atoms. The number of carbonyl (C=O) groups excluding carboxylic acids is 1. The summed E-state index contributed by atoms with van der Waals surface area (Å²) >= 11 is 1.37. The Labute approximate surface area is 222 Å². The van der Waals surface area contributed by atoms with E-state index in [4.69, 9.17) is 15.2 Å². The molecular formula is C29H21N5O3S. The molecule has 8 nitrogen and oxygen atoms in total. The van der Waals surface area contributed by atoms with E-state index < -0.39 is 0 Å². The van der Waals surface area contributed by atoms with Crippen molar-refractivity contribution in [2.45, 2.75) is 13.2 Å². The number of nitrogens with two attached hydrogens (primary N) is 1. The van der Waals surface area contributed by atoms with Crippen LogP contribution in [-0.4, -0.2) is 11.0 Å². The molecule has 0 fully saturated rings. The number of benzene rings is 3. The van der Waals surface area contributed by atoms with Gasteiger partial charge in [-0.25, -0.2) is 9.78 Å². The lowest BCUT2D eigenvalue weighted by Gasteiger charge is -2.28. The van der Waals surface area contributed by atoms with Gasteiger partial charge in [0.2, 0.25) is 0 Å². The minimum atomic E-state index is -0.230. The molecule has 0 saturated carbocycles. The highest BCUT2D eigenvalue weighted by molar-refractivity contribution is 7.23. The van der Waals surface area contributed by atoms with E-state index in [1.807, 2.05) is 54.6 Å². The van der Waals surface area contributed by atoms with Gasteiger partial charge in [-0.05, 0) is 53.6 Å². The first-order chi connectivity index (χ1) is 18.6. The highest BCUT2D eigenvalue weighted by atomic mass is 32.1. The number of pyridine rings is 1. The Morgan fingerprint density at radius 3 is 2.68 bits per heavy atom.